The molecule has 28 heavy (non-hydrogen) atoms. The Morgan fingerprint density at radius 2 is 2.00 bits per heavy atom. The van der Waals surface area contributed by atoms with E-state index in [9.17, 15) is 9.59 Å². The fourth-order valence-corrected chi connectivity index (χ4v) is 4.33. The predicted octanol–water partition coefficient (Wildman–Crippen LogP) is 3.16. The third-order valence-electron chi connectivity index (χ3n) is 5.03. The van der Waals surface area contributed by atoms with E-state index in [1.54, 1.807) is 17.8 Å². The van der Waals surface area contributed by atoms with E-state index >= 15 is 0 Å². The van der Waals surface area contributed by atoms with Gasteiger partial charge in [-0.15, -0.1) is 11.3 Å². The molecule has 1 saturated heterocycles. The van der Waals surface area contributed by atoms with E-state index in [4.69, 9.17) is 0 Å². The molecule has 0 unspecified atom stereocenters. The van der Waals surface area contributed by atoms with E-state index in [1.807, 2.05) is 24.3 Å². The smallest absolute Gasteiger partial charge is 0.271 e. The summed E-state index contributed by atoms with van der Waals surface area (Å²) in [7, 11) is 0. The van der Waals surface area contributed by atoms with Crippen molar-refractivity contribution in [2.45, 2.75) is 12.8 Å². The fourth-order valence-electron chi connectivity index (χ4n) is 3.65. The van der Waals surface area contributed by atoms with Crippen LogP contribution in [0.1, 0.15) is 23.2 Å². The zero-order valence-corrected chi connectivity index (χ0v) is 15.8. The third kappa shape index (κ3) is 2.73. The molecule has 0 atom stereocenters. The number of pyridine rings is 1. The SMILES string of the molecule is O=C(Nc1ccc(N2CCCC2)c2ncccc12)c1cnc2sccn2c1=O. The second-order valence-corrected chi connectivity index (χ2v) is 7.59. The molecule has 8 heteroatoms. The Balaban J connectivity index is 1.54. The summed E-state index contributed by atoms with van der Waals surface area (Å²) in [5, 5.41) is 5.49. The first-order chi connectivity index (χ1) is 13.7. The lowest BCUT2D eigenvalue weighted by Crippen LogP contribution is -2.26. The number of benzene rings is 1. The first-order valence-corrected chi connectivity index (χ1v) is 9.99. The second kappa shape index (κ2) is 6.72. The molecule has 4 heterocycles. The summed E-state index contributed by atoms with van der Waals surface area (Å²) < 4.78 is 1.38. The largest absolute Gasteiger partial charge is 0.370 e. The number of fused-ring (bicyclic) bond motifs is 2. The highest BCUT2D eigenvalue weighted by Crippen LogP contribution is 2.32. The van der Waals surface area contributed by atoms with Crippen molar-refractivity contribution in [3.63, 3.8) is 0 Å². The Hall–Kier alpha value is -3.26. The Bertz CT molecular complexity index is 1260. The zero-order valence-electron chi connectivity index (χ0n) is 15.0. The maximum Gasteiger partial charge on any atom is 0.271 e. The third-order valence-corrected chi connectivity index (χ3v) is 5.80. The van der Waals surface area contributed by atoms with Gasteiger partial charge >= 0.3 is 0 Å². The van der Waals surface area contributed by atoms with Crippen molar-refractivity contribution in [3.8, 4) is 0 Å². The van der Waals surface area contributed by atoms with Crippen molar-refractivity contribution in [1.82, 2.24) is 14.4 Å². The molecule has 1 fully saturated rings. The molecule has 3 aromatic heterocycles. The lowest BCUT2D eigenvalue weighted by Gasteiger charge is -2.20. The van der Waals surface area contributed by atoms with E-state index < -0.39 is 5.91 Å². The number of hydrogen-bond donors (Lipinski definition) is 1. The lowest BCUT2D eigenvalue weighted by atomic mass is 10.1. The quantitative estimate of drug-likeness (QED) is 0.580. The summed E-state index contributed by atoms with van der Waals surface area (Å²) in [6.45, 7) is 2.03. The van der Waals surface area contributed by atoms with Crippen LogP contribution in [0.15, 0.2) is 53.0 Å². The highest BCUT2D eigenvalue weighted by Gasteiger charge is 2.19. The van der Waals surface area contributed by atoms with Gasteiger partial charge in [-0.05, 0) is 37.1 Å². The van der Waals surface area contributed by atoms with E-state index in [2.05, 4.69) is 20.2 Å². The van der Waals surface area contributed by atoms with Gasteiger partial charge in [-0.2, -0.15) is 0 Å². The number of hydrogen-bond acceptors (Lipinski definition) is 6. The lowest BCUT2D eigenvalue weighted by molar-refractivity contribution is 0.102. The van der Waals surface area contributed by atoms with Gasteiger partial charge in [0.05, 0.1) is 16.9 Å². The topological polar surface area (TPSA) is 79.6 Å². The van der Waals surface area contributed by atoms with Crippen LogP contribution >= 0.6 is 11.3 Å². The van der Waals surface area contributed by atoms with Gasteiger partial charge < -0.3 is 10.2 Å². The van der Waals surface area contributed by atoms with Gasteiger partial charge in [-0.1, -0.05) is 0 Å². The number of nitrogens with zero attached hydrogens (tertiary/aromatic N) is 4. The molecule has 1 aliphatic heterocycles. The molecule has 0 aliphatic carbocycles. The Labute approximate surface area is 164 Å². The molecule has 5 rings (SSSR count). The molecule has 0 spiro atoms. The molecule has 7 nitrogen and oxygen atoms in total. The highest BCUT2D eigenvalue weighted by molar-refractivity contribution is 7.15. The summed E-state index contributed by atoms with van der Waals surface area (Å²) >= 11 is 1.35. The molecule has 0 saturated carbocycles. The summed E-state index contributed by atoms with van der Waals surface area (Å²) in [5.41, 5.74) is 2.19. The van der Waals surface area contributed by atoms with Crippen LogP contribution in [0.25, 0.3) is 15.9 Å². The normalized spacial score (nSPS) is 14.1. The highest BCUT2D eigenvalue weighted by atomic mass is 32.1. The first-order valence-electron chi connectivity index (χ1n) is 9.11. The Morgan fingerprint density at radius 3 is 2.86 bits per heavy atom. The van der Waals surface area contributed by atoms with Gasteiger partial charge in [0.2, 0.25) is 0 Å². The van der Waals surface area contributed by atoms with Crippen molar-refractivity contribution in [2.75, 3.05) is 23.3 Å². The van der Waals surface area contributed by atoms with Crippen LogP contribution < -0.4 is 15.8 Å². The van der Waals surface area contributed by atoms with E-state index in [1.165, 1.54) is 34.8 Å². The van der Waals surface area contributed by atoms with Crippen molar-refractivity contribution in [2.24, 2.45) is 0 Å². The van der Waals surface area contributed by atoms with Crippen molar-refractivity contribution >= 4 is 44.5 Å². The van der Waals surface area contributed by atoms with Crippen LogP contribution in [0.3, 0.4) is 0 Å². The van der Waals surface area contributed by atoms with E-state index in [-0.39, 0.29) is 11.1 Å². The van der Waals surface area contributed by atoms with Gasteiger partial charge in [0.15, 0.2) is 4.96 Å². The fraction of sp³-hybridized carbons (Fsp3) is 0.200. The van der Waals surface area contributed by atoms with Crippen LogP contribution in [-0.4, -0.2) is 33.4 Å². The summed E-state index contributed by atoms with van der Waals surface area (Å²) in [6.07, 6.45) is 7.07. The first kappa shape index (κ1) is 16.9. The number of amides is 1. The monoisotopic (exact) mass is 391 g/mol. The molecule has 140 valence electrons. The number of carbonyl (C=O) groups excluding carboxylic acids is 1. The average molecular weight is 391 g/mol. The standard InChI is InChI=1S/C20H17N5O2S/c26-18(14-12-22-20-25(19(14)27)10-11-28-20)23-15-5-6-16(24-8-1-2-9-24)17-13(15)4-3-7-21-17/h3-7,10-12H,1-2,8-9H2,(H,23,26). The number of aromatic nitrogens is 3. The van der Waals surface area contributed by atoms with Crippen LogP contribution in [0.4, 0.5) is 11.4 Å². The minimum atomic E-state index is -0.475. The molecular formula is C20H17N5O2S. The van der Waals surface area contributed by atoms with Crippen molar-refractivity contribution < 1.29 is 4.79 Å². The summed E-state index contributed by atoms with van der Waals surface area (Å²) in [6, 6.07) is 7.65. The molecular weight excluding hydrogens is 374 g/mol. The van der Waals surface area contributed by atoms with Gasteiger partial charge in [-0.3, -0.25) is 19.0 Å². The van der Waals surface area contributed by atoms with Crippen LogP contribution in [0.5, 0.6) is 0 Å². The molecule has 0 radical (unpaired) electrons. The van der Waals surface area contributed by atoms with Gasteiger partial charge in [0.1, 0.15) is 5.56 Å². The summed E-state index contributed by atoms with van der Waals surface area (Å²) in [4.78, 5) is 37.0. The predicted molar refractivity (Wildman–Crippen MR) is 110 cm³/mol. The van der Waals surface area contributed by atoms with E-state index in [0.29, 0.717) is 10.6 Å². The van der Waals surface area contributed by atoms with E-state index in [0.717, 1.165) is 29.7 Å². The molecule has 0 bridgehead atoms. The number of nitrogens with one attached hydrogen (secondary N) is 1. The van der Waals surface area contributed by atoms with Crippen LogP contribution in [-0.2, 0) is 0 Å². The van der Waals surface area contributed by atoms with Crippen LogP contribution in [0.2, 0.25) is 0 Å². The molecule has 1 amide bonds. The van der Waals surface area contributed by atoms with Crippen LogP contribution in [0, 0.1) is 0 Å². The average Bonchev–Trinajstić information content (AvgIpc) is 3.41. The number of thiazole rings is 1. The molecule has 1 aromatic carbocycles. The molecule has 1 N–H and O–H groups in total. The second-order valence-electron chi connectivity index (χ2n) is 6.71. The van der Waals surface area contributed by atoms with Gasteiger partial charge in [-0.25, -0.2) is 4.98 Å². The minimum Gasteiger partial charge on any atom is -0.370 e. The Morgan fingerprint density at radius 1 is 1.14 bits per heavy atom. The minimum absolute atomic E-state index is 0.0107. The number of carbonyl (C=O) groups is 1. The molecule has 4 aromatic rings. The van der Waals surface area contributed by atoms with Crippen molar-refractivity contribution in [3.05, 3.63) is 64.2 Å². The number of anilines is 2. The maximum absolute atomic E-state index is 12.8. The van der Waals surface area contributed by atoms with Gasteiger partial charge in [0, 0.05) is 42.4 Å². The van der Waals surface area contributed by atoms with Crippen molar-refractivity contribution in [1.29, 1.82) is 0 Å². The number of rotatable bonds is 3. The Kier molecular flexibility index (Phi) is 4.05. The summed E-state index contributed by atoms with van der Waals surface area (Å²) in [5.74, 6) is -0.475. The van der Waals surface area contributed by atoms with Gasteiger partial charge in [0.25, 0.3) is 11.5 Å². The zero-order chi connectivity index (χ0) is 19.1. The molecule has 1 aliphatic rings. The maximum atomic E-state index is 12.8.